The number of aliphatic hydroxyl groups is 2. The van der Waals surface area contributed by atoms with Gasteiger partial charge in [-0.1, -0.05) is 49.6 Å². The van der Waals surface area contributed by atoms with E-state index in [4.69, 9.17) is 0 Å². The second kappa shape index (κ2) is 14.9. The van der Waals surface area contributed by atoms with Crippen molar-refractivity contribution in [1.29, 1.82) is 0 Å². The monoisotopic (exact) mass is 650 g/mol. The van der Waals surface area contributed by atoms with E-state index in [0.717, 1.165) is 37.5 Å². The molecule has 0 aromatic heterocycles. The molecule has 11 nitrogen and oxygen atoms in total. The van der Waals surface area contributed by atoms with Gasteiger partial charge in [0, 0.05) is 24.9 Å². The fourth-order valence-electron chi connectivity index (χ4n) is 6.44. The third-order valence-corrected chi connectivity index (χ3v) is 11.5. The number of fused-ring (bicyclic) bond motifs is 1. The molecule has 2 fully saturated rings. The quantitative estimate of drug-likeness (QED) is 0.228. The Labute approximate surface area is 268 Å². The number of β-amino-alcohol motifs (C(OH)–C–C–N with tert-alkyl or cyclic N) is 1. The van der Waals surface area contributed by atoms with E-state index in [0.29, 0.717) is 24.8 Å². The van der Waals surface area contributed by atoms with Crippen LogP contribution in [0.25, 0.3) is 0 Å². The highest BCUT2D eigenvalue weighted by Gasteiger charge is 2.46. The molecule has 1 aliphatic carbocycles. The Morgan fingerprint density at radius 1 is 0.956 bits per heavy atom. The van der Waals surface area contributed by atoms with Gasteiger partial charge in [0.15, 0.2) is 9.84 Å². The molecule has 0 spiro atoms. The largest absolute Gasteiger partial charge is 0.390 e. The van der Waals surface area contributed by atoms with Crippen molar-refractivity contribution in [1.82, 2.24) is 20.9 Å². The van der Waals surface area contributed by atoms with Crippen LogP contribution in [-0.2, 0) is 30.6 Å². The van der Waals surface area contributed by atoms with E-state index in [1.54, 1.807) is 0 Å². The van der Waals surface area contributed by atoms with Crippen molar-refractivity contribution >= 4 is 27.6 Å². The van der Waals surface area contributed by atoms with Crippen LogP contribution >= 0.6 is 0 Å². The molecule has 0 radical (unpaired) electrons. The number of amides is 3. The number of rotatable bonds is 12. The first-order valence-corrected chi connectivity index (χ1v) is 18.0. The van der Waals surface area contributed by atoms with Crippen LogP contribution in [0.15, 0.2) is 30.3 Å². The summed E-state index contributed by atoms with van der Waals surface area (Å²) in [6.45, 7) is 10.5. The molecule has 0 bridgehead atoms. The summed E-state index contributed by atoms with van der Waals surface area (Å²) in [6.07, 6.45) is 3.75. The summed E-state index contributed by atoms with van der Waals surface area (Å²) in [5, 5.41) is 30.0. The van der Waals surface area contributed by atoms with Crippen molar-refractivity contribution in [2.24, 2.45) is 11.8 Å². The third kappa shape index (κ3) is 9.97. The van der Waals surface area contributed by atoms with E-state index in [1.165, 1.54) is 20.8 Å². The second-order valence-electron chi connectivity index (χ2n) is 14.6. The zero-order chi connectivity index (χ0) is 33.7. The van der Waals surface area contributed by atoms with Crippen molar-refractivity contribution in [3.63, 3.8) is 0 Å². The molecule has 45 heavy (non-hydrogen) atoms. The fraction of sp³-hybridized carbons (Fsp3) is 0.727. The van der Waals surface area contributed by atoms with Gasteiger partial charge in [-0.3, -0.25) is 19.3 Å². The first kappa shape index (κ1) is 36.9. The van der Waals surface area contributed by atoms with E-state index in [-0.39, 0.29) is 18.9 Å². The van der Waals surface area contributed by atoms with E-state index < -0.39 is 62.3 Å². The summed E-state index contributed by atoms with van der Waals surface area (Å²) in [5.41, 5.74) is 0.411. The van der Waals surface area contributed by atoms with Crippen LogP contribution in [0.1, 0.15) is 79.2 Å². The molecule has 1 aliphatic heterocycles. The van der Waals surface area contributed by atoms with E-state index in [1.807, 2.05) is 56.0 Å². The summed E-state index contributed by atoms with van der Waals surface area (Å²) >= 11 is 0. The third-order valence-electron chi connectivity index (χ3n) is 9.39. The summed E-state index contributed by atoms with van der Waals surface area (Å²) in [5.74, 6) is -0.915. The molecule has 1 saturated heterocycles. The van der Waals surface area contributed by atoms with E-state index in [9.17, 15) is 33.0 Å². The Balaban J connectivity index is 1.92. The topological polar surface area (TPSA) is 165 Å². The number of aliphatic hydroxyl groups excluding tert-OH is 2. The van der Waals surface area contributed by atoms with Crippen LogP contribution in [0.4, 0.5) is 0 Å². The van der Waals surface area contributed by atoms with Gasteiger partial charge in [-0.05, 0) is 78.2 Å². The molecular formula is C33H54N4O7S. The lowest BCUT2D eigenvalue weighted by molar-refractivity contribution is -0.135. The van der Waals surface area contributed by atoms with Crippen LogP contribution < -0.4 is 16.0 Å². The fourth-order valence-corrected chi connectivity index (χ4v) is 7.04. The Kier molecular flexibility index (Phi) is 12.2. The van der Waals surface area contributed by atoms with Crippen LogP contribution in [0, 0.1) is 11.8 Å². The minimum Gasteiger partial charge on any atom is -0.390 e. The molecule has 3 amide bonds. The van der Waals surface area contributed by atoms with Gasteiger partial charge in [0.25, 0.3) is 0 Å². The van der Waals surface area contributed by atoms with Crippen molar-refractivity contribution in [2.45, 2.75) is 121 Å². The molecule has 1 aromatic rings. The molecule has 2 unspecified atom stereocenters. The van der Waals surface area contributed by atoms with Gasteiger partial charge >= 0.3 is 0 Å². The molecule has 1 aromatic carbocycles. The number of nitrogens with zero attached hydrogens (tertiary/aromatic N) is 1. The van der Waals surface area contributed by atoms with Gasteiger partial charge in [-0.2, -0.15) is 0 Å². The number of carbonyl (C=O) groups is 3. The molecular weight excluding hydrogens is 596 g/mol. The molecule has 1 heterocycles. The first-order chi connectivity index (χ1) is 20.8. The molecule has 12 heteroatoms. The van der Waals surface area contributed by atoms with Gasteiger partial charge in [0.1, 0.15) is 12.1 Å². The number of carbonyl (C=O) groups excluding carboxylic acids is 3. The average molecular weight is 651 g/mol. The Morgan fingerprint density at radius 2 is 1.56 bits per heavy atom. The molecule has 7 atom stereocenters. The highest BCUT2D eigenvalue weighted by molar-refractivity contribution is 7.92. The van der Waals surface area contributed by atoms with Gasteiger partial charge in [-0.15, -0.1) is 0 Å². The van der Waals surface area contributed by atoms with Crippen LogP contribution in [0.2, 0.25) is 0 Å². The van der Waals surface area contributed by atoms with Crippen molar-refractivity contribution < 1.29 is 33.0 Å². The number of hydrogen-bond acceptors (Lipinski definition) is 8. The zero-order valence-corrected chi connectivity index (χ0v) is 28.7. The molecule has 3 rings (SSSR count). The summed E-state index contributed by atoms with van der Waals surface area (Å²) in [7, 11) is -3.87. The lowest BCUT2D eigenvalue weighted by Gasteiger charge is -2.47. The van der Waals surface area contributed by atoms with Crippen LogP contribution in [0.3, 0.4) is 0 Å². The Hall–Kier alpha value is -2.54. The maximum absolute atomic E-state index is 13.8. The number of likely N-dealkylation sites (tertiary alicyclic amines) is 1. The molecule has 254 valence electrons. The van der Waals surface area contributed by atoms with Crippen LogP contribution in [-0.4, -0.2) is 101 Å². The average Bonchev–Trinajstić information content (AvgIpc) is 2.93. The number of benzene rings is 1. The maximum Gasteiger partial charge on any atom is 0.249 e. The lowest BCUT2D eigenvalue weighted by atomic mass is 9.72. The molecule has 5 N–H and O–H groups in total. The van der Waals surface area contributed by atoms with Gasteiger partial charge in [-0.25, -0.2) is 8.42 Å². The predicted molar refractivity (Wildman–Crippen MR) is 174 cm³/mol. The number of hydrogen-bond donors (Lipinski definition) is 5. The maximum atomic E-state index is 13.8. The van der Waals surface area contributed by atoms with Gasteiger partial charge < -0.3 is 26.2 Å². The normalized spacial score (nSPS) is 24.0. The zero-order valence-electron chi connectivity index (χ0n) is 27.9. The van der Waals surface area contributed by atoms with E-state index in [2.05, 4.69) is 16.0 Å². The minimum atomic E-state index is -3.87. The van der Waals surface area contributed by atoms with Crippen molar-refractivity contribution in [3.05, 3.63) is 35.9 Å². The summed E-state index contributed by atoms with van der Waals surface area (Å²) < 4.78 is 23.8. The van der Waals surface area contributed by atoms with Crippen LogP contribution in [0.5, 0.6) is 0 Å². The van der Waals surface area contributed by atoms with Gasteiger partial charge in [0.2, 0.25) is 17.7 Å². The number of piperidine rings is 1. The molecule has 1 saturated carbocycles. The SMILES string of the molecule is C[C@@H](O)C(=O)N[C@H](C(=O)N[C@@H](Cc1ccccc1)[C@H](O)CN1CC2CCCCC2C[C@H]1C(=O)NC(C)(C)C)C(C)(C)S(C)(=O)=O. The highest BCUT2D eigenvalue weighted by atomic mass is 32.2. The minimum absolute atomic E-state index is 0.0850. The number of nitrogens with one attached hydrogen (secondary N) is 3. The standard InChI is InChI=1S/C33H54N4O7S/c1-21(38)29(40)35-28(33(5,6)45(7,43)44)31(42)34-25(17-22-13-9-8-10-14-22)27(39)20-37-19-24-16-12-11-15-23(24)18-26(37)30(41)36-32(2,3)4/h8-10,13-14,21,23-28,38-39H,11-12,15-20H2,1-7H3,(H,34,42)(H,35,40)(H,36,41)/t21-,23?,24?,25+,26+,27-,28-/m1/s1. The predicted octanol–water partition coefficient (Wildman–Crippen LogP) is 1.56. The Morgan fingerprint density at radius 3 is 2.11 bits per heavy atom. The smallest absolute Gasteiger partial charge is 0.249 e. The lowest BCUT2D eigenvalue weighted by Crippen LogP contribution is -2.64. The summed E-state index contributed by atoms with van der Waals surface area (Å²) in [4.78, 5) is 41.9. The van der Waals surface area contributed by atoms with Crippen molar-refractivity contribution in [2.75, 3.05) is 19.3 Å². The number of sulfone groups is 1. The van der Waals surface area contributed by atoms with Gasteiger partial charge in [0.05, 0.1) is 22.9 Å². The van der Waals surface area contributed by atoms with E-state index >= 15 is 0 Å². The first-order valence-electron chi connectivity index (χ1n) is 16.1. The highest BCUT2D eigenvalue weighted by Crippen LogP contribution is 2.39. The molecule has 2 aliphatic rings. The Bertz CT molecular complexity index is 1280. The summed E-state index contributed by atoms with van der Waals surface area (Å²) in [6, 6.07) is 6.42. The second-order valence-corrected chi connectivity index (χ2v) is 17.2. The van der Waals surface area contributed by atoms with Crippen molar-refractivity contribution in [3.8, 4) is 0 Å².